The molecule has 1 N–H and O–H groups in total. The zero-order valence-corrected chi connectivity index (χ0v) is 18.4. The van der Waals surface area contributed by atoms with Crippen molar-refractivity contribution in [1.29, 1.82) is 0 Å². The van der Waals surface area contributed by atoms with Gasteiger partial charge in [0, 0.05) is 6.54 Å². The lowest BCUT2D eigenvalue weighted by Crippen LogP contribution is -2.34. The number of para-hydroxylation sites is 1. The minimum absolute atomic E-state index is 0.179. The van der Waals surface area contributed by atoms with Gasteiger partial charge in [-0.1, -0.05) is 75.6 Å². The van der Waals surface area contributed by atoms with E-state index in [4.69, 9.17) is 0 Å². The molecule has 2 rings (SSSR count). The topological polar surface area (TPSA) is 66.5 Å². The summed E-state index contributed by atoms with van der Waals surface area (Å²) < 4.78 is 26.4. The van der Waals surface area contributed by atoms with E-state index in [1.807, 2.05) is 30.3 Å². The van der Waals surface area contributed by atoms with E-state index in [-0.39, 0.29) is 12.5 Å². The van der Waals surface area contributed by atoms with Crippen molar-refractivity contribution in [3.05, 3.63) is 65.7 Å². The monoisotopic (exact) mass is 416 g/mol. The van der Waals surface area contributed by atoms with Gasteiger partial charge in [-0.2, -0.15) is 0 Å². The van der Waals surface area contributed by atoms with Crippen LogP contribution >= 0.6 is 0 Å². The Balaban J connectivity index is 2.25. The largest absolute Gasteiger partial charge is 0.352 e. The van der Waals surface area contributed by atoms with Crippen LogP contribution in [0.15, 0.2) is 54.6 Å². The molecule has 6 heteroatoms. The van der Waals surface area contributed by atoms with Crippen molar-refractivity contribution in [3.63, 3.8) is 0 Å². The van der Waals surface area contributed by atoms with Crippen LogP contribution in [0.1, 0.15) is 55.5 Å². The highest BCUT2D eigenvalue weighted by Crippen LogP contribution is 2.25. The van der Waals surface area contributed by atoms with E-state index in [1.54, 1.807) is 24.3 Å². The third-order valence-corrected chi connectivity index (χ3v) is 6.21. The highest BCUT2D eigenvalue weighted by molar-refractivity contribution is 7.92. The van der Waals surface area contributed by atoms with Crippen LogP contribution in [0, 0.1) is 5.92 Å². The molecule has 158 valence electrons. The number of hydrogen-bond acceptors (Lipinski definition) is 3. The van der Waals surface area contributed by atoms with Gasteiger partial charge in [0.25, 0.3) is 5.91 Å². The smallest absolute Gasteiger partial charge is 0.253 e. The van der Waals surface area contributed by atoms with E-state index in [0.717, 1.165) is 31.2 Å². The number of nitrogens with one attached hydrogen (secondary N) is 1. The molecule has 2 aromatic rings. The molecule has 29 heavy (non-hydrogen) atoms. The Bertz CT molecular complexity index is 882. The van der Waals surface area contributed by atoms with Crippen LogP contribution in [0.25, 0.3) is 0 Å². The molecule has 5 nitrogen and oxygen atoms in total. The molecule has 0 saturated carbocycles. The van der Waals surface area contributed by atoms with Gasteiger partial charge in [0.1, 0.15) is 0 Å². The van der Waals surface area contributed by atoms with Gasteiger partial charge in [0.2, 0.25) is 10.0 Å². The van der Waals surface area contributed by atoms with Crippen molar-refractivity contribution in [3.8, 4) is 0 Å². The second-order valence-electron chi connectivity index (χ2n) is 7.40. The van der Waals surface area contributed by atoms with Crippen LogP contribution in [0.3, 0.4) is 0 Å². The Kier molecular flexibility index (Phi) is 8.70. The molecule has 0 spiro atoms. The molecule has 0 fully saturated rings. The Hall–Kier alpha value is -2.34. The highest BCUT2D eigenvalue weighted by atomic mass is 32.2. The average Bonchev–Trinajstić information content (AvgIpc) is 2.72. The van der Waals surface area contributed by atoms with Gasteiger partial charge in [0.05, 0.1) is 24.1 Å². The second kappa shape index (κ2) is 11.0. The number of rotatable bonds is 11. The van der Waals surface area contributed by atoms with E-state index in [1.165, 1.54) is 10.6 Å². The number of benzene rings is 2. The maximum absolute atomic E-state index is 12.9. The van der Waals surface area contributed by atoms with E-state index in [2.05, 4.69) is 19.2 Å². The lowest BCUT2D eigenvalue weighted by Gasteiger charge is -2.25. The predicted octanol–water partition coefficient (Wildman–Crippen LogP) is 4.60. The van der Waals surface area contributed by atoms with Crippen molar-refractivity contribution in [2.75, 3.05) is 17.1 Å². The third kappa shape index (κ3) is 6.89. The average molecular weight is 417 g/mol. The van der Waals surface area contributed by atoms with Crippen LogP contribution in [-0.4, -0.2) is 27.1 Å². The minimum atomic E-state index is -3.57. The summed E-state index contributed by atoms with van der Waals surface area (Å²) in [5, 5.41) is 3.01. The van der Waals surface area contributed by atoms with E-state index >= 15 is 0 Å². The van der Waals surface area contributed by atoms with Crippen molar-refractivity contribution < 1.29 is 13.2 Å². The summed E-state index contributed by atoms with van der Waals surface area (Å²) in [6.07, 6.45) is 5.53. The number of sulfonamides is 1. The molecule has 0 heterocycles. The Morgan fingerprint density at radius 2 is 1.69 bits per heavy atom. The molecule has 1 atom stereocenters. The van der Waals surface area contributed by atoms with Crippen LogP contribution in [-0.2, 0) is 16.6 Å². The second-order valence-corrected chi connectivity index (χ2v) is 9.31. The van der Waals surface area contributed by atoms with Crippen LogP contribution in [0.2, 0.25) is 0 Å². The minimum Gasteiger partial charge on any atom is -0.352 e. The van der Waals surface area contributed by atoms with Gasteiger partial charge in [-0.05, 0) is 30.0 Å². The van der Waals surface area contributed by atoms with E-state index < -0.39 is 10.0 Å². The van der Waals surface area contributed by atoms with Crippen molar-refractivity contribution in [1.82, 2.24) is 5.32 Å². The van der Waals surface area contributed by atoms with Gasteiger partial charge in [0.15, 0.2) is 0 Å². The van der Waals surface area contributed by atoms with E-state index in [0.29, 0.717) is 23.7 Å². The lowest BCUT2D eigenvalue weighted by molar-refractivity contribution is 0.0946. The summed E-state index contributed by atoms with van der Waals surface area (Å²) in [6.45, 7) is 5.07. The highest BCUT2D eigenvalue weighted by Gasteiger charge is 2.23. The SMILES string of the molecule is CCCCC(CC)CNC(=O)c1ccccc1N(Cc1ccccc1)S(C)(=O)=O. The molecule has 0 aliphatic carbocycles. The van der Waals surface area contributed by atoms with Gasteiger partial charge in [-0.25, -0.2) is 8.42 Å². The molecule has 1 unspecified atom stereocenters. The summed E-state index contributed by atoms with van der Waals surface area (Å²) in [4.78, 5) is 12.9. The molecule has 0 radical (unpaired) electrons. The summed E-state index contributed by atoms with van der Waals surface area (Å²) in [5.74, 6) is 0.193. The number of unbranched alkanes of at least 4 members (excludes halogenated alkanes) is 1. The first kappa shape index (κ1) is 22.9. The predicted molar refractivity (Wildman–Crippen MR) is 120 cm³/mol. The first-order chi connectivity index (χ1) is 13.9. The molecular weight excluding hydrogens is 384 g/mol. The van der Waals surface area contributed by atoms with Crippen molar-refractivity contribution in [2.45, 2.75) is 46.1 Å². The fourth-order valence-corrected chi connectivity index (χ4v) is 4.19. The molecule has 2 aromatic carbocycles. The van der Waals surface area contributed by atoms with Crippen molar-refractivity contribution in [2.24, 2.45) is 5.92 Å². The first-order valence-electron chi connectivity index (χ1n) is 10.3. The number of hydrogen-bond donors (Lipinski definition) is 1. The molecule has 0 aliphatic heterocycles. The number of nitrogens with zero attached hydrogens (tertiary/aromatic N) is 1. The van der Waals surface area contributed by atoms with Gasteiger partial charge in [-0.3, -0.25) is 9.10 Å². The fourth-order valence-electron chi connectivity index (χ4n) is 3.29. The van der Waals surface area contributed by atoms with Gasteiger partial charge >= 0.3 is 0 Å². The van der Waals surface area contributed by atoms with Crippen LogP contribution in [0.5, 0.6) is 0 Å². The third-order valence-electron chi connectivity index (χ3n) is 5.08. The lowest BCUT2D eigenvalue weighted by atomic mass is 9.99. The molecule has 1 amide bonds. The quantitative estimate of drug-likeness (QED) is 0.582. The maximum Gasteiger partial charge on any atom is 0.253 e. The number of carbonyl (C=O) groups excluding carboxylic acids is 1. The Morgan fingerprint density at radius 1 is 1.03 bits per heavy atom. The molecule has 0 aliphatic rings. The molecule has 0 saturated heterocycles. The summed E-state index contributed by atoms with van der Waals surface area (Å²) in [6, 6.07) is 16.3. The summed E-state index contributed by atoms with van der Waals surface area (Å²) in [7, 11) is -3.57. The summed E-state index contributed by atoms with van der Waals surface area (Å²) in [5.41, 5.74) is 1.64. The fraction of sp³-hybridized carbons (Fsp3) is 0.435. The van der Waals surface area contributed by atoms with Gasteiger partial charge < -0.3 is 5.32 Å². The Morgan fingerprint density at radius 3 is 2.31 bits per heavy atom. The summed E-state index contributed by atoms with van der Waals surface area (Å²) >= 11 is 0. The molecule has 0 bridgehead atoms. The number of anilines is 1. The normalized spacial score (nSPS) is 12.4. The maximum atomic E-state index is 12.9. The van der Waals surface area contributed by atoms with Gasteiger partial charge in [-0.15, -0.1) is 0 Å². The number of carbonyl (C=O) groups is 1. The first-order valence-corrected chi connectivity index (χ1v) is 12.1. The van der Waals surface area contributed by atoms with Crippen molar-refractivity contribution >= 4 is 21.6 Å². The van der Waals surface area contributed by atoms with E-state index in [9.17, 15) is 13.2 Å². The molecule has 0 aromatic heterocycles. The molecular formula is C23H32N2O3S. The zero-order valence-electron chi connectivity index (χ0n) is 17.6. The Labute approximate surface area is 175 Å². The zero-order chi connectivity index (χ0) is 21.3. The standard InChI is InChI=1S/C23H32N2O3S/c1-4-6-12-19(5-2)17-24-23(26)21-15-10-11-16-22(21)25(29(3,27)28)18-20-13-8-7-9-14-20/h7-11,13-16,19H,4-6,12,17-18H2,1-3H3,(H,24,26). The number of amides is 1. The van der Waals surface area contributed by atoms with Crippen LogP contribution in [0.4, 0.5) is 5.69 Å². The van der Waals surface area contributed by atoms with Crippen LogP contribution < -0.4 is 9.62 Å².